The van der Waals surface area contributed by atoms with Crippen LogP contribution in [0.25, 0.3) is 0 Å². The molecule has 0 radical (unpaired) electrons. The van der Waals surface area contributed by atoms with E-state index in [4.69, 9.17) is 4.99 Å². The number of carbonyl (C=O) groups excluding carboxylic acids is 1. The zero-order chi connectivity index (χ0) is 19.1. The van der Waals surface area contributed by atoms with Crippen LogP contribution in [0.3, 0.4) is 0 Å². The monoisotopic (exact) mass is 376 g/mol. The molecule has 1 N–H and O–H groups in total. The van der Waals surface area contributed by atoms with Crippen molar-refractivity contribution in [2.45, 2.75) is 32.7 Å². The number of guanidine groups is 1. The van der Waals surface area contributed by atoms with E-state index >= 15 is 0 Å². The van der Waals surface area contributed by atoms with Gasteiger partial charge in [-0.25, -0.2) is 9.98 Å². The highest BCUT2D eigenvalue weighted by Gasteiger charge is 2.24. The van der Waals surface area contributed by atoms with Gasteiger partial charge in [0.05, 0.1) is 6.54 Å². The summed E-state index contributed by atoms with van der Waals surface area (Å²) in [5.74, 6) is 2.03. The Balaban J connectivity index is 1.49. The number of piperazine rings is 1. The van der Waals surface area contributed by atoms with Gasteiger partial charge in [-0.05, 0) is 26.2 Å². The molecule has 3 rings (SSSR count). The topological polar surface area (TPSA) is 81.9 Å². The molecule has 0 atom stereocenters. The van der Waals surface area contributed by atoms with Crippen LogP contribution in [-0.4, -0.2) is 93.7 Å². The van der Waals surface area contributed by atoms with Gasteiger partial charge in [-0.3, -0.25) is 14.4 Å². The number of aromatic nitrogens is 3. The summed E-state index contributed by atoms with van der Waals surface area (Å²) in [4.78, 5) is 28.0. The van der Waals surface area contributed by atoms with E-state index in [0.717, 1.165) is 70.4 Å². The summed E-state index contributed by atoms with van der Waals surface area (Å²) >= 11 is 0. The summed E-state index contributed by atoms with van der Waals surface area (Å²) in [6.45, 7) is 9.32. The van der Waals surface area contributed by atoms with Crippen LogP contribution in [0.1, 0.15) is 32.0 Å². The van der Waals surface area contributed by atoms with E-state index in [1.165, 1.54) is 6.42 Å². The van der Waals surface area contributed by atoms with E-state index in [-0.39, 0.29) is 5.91 Å². The molecule has 0 unspecified atom stereocenters. The van der Waals surface area contributed by atoms with Crippen molar-refractivity contribution >= 4 is 11.9 Å². The Hall–Kier alpha value is -2.16. The van der Waals surface area contributed by atoms with Crippen molar-refractivity contribution in [1.82, 2.24) is 34.8 Å². The fourth-order valence-corrected chi connectivity index (χ4v) is 3.59. The highest BCUT2D eigenvalue weighted by molar-refractivity contribution is 5.80. The minimum Gasteiger partial charge on any atom is -0.357 e. The van der Waals surface area contributed by atoms with Gasteiger partial charge in [-0.2, -0.15) is 5.10 Å². The molecule has 0 aliphatic carbocycles. The third-order valence-electron chi connectivity index (χ3n) is 5.25. The molecule has 1 aromatic rings. The molecule has 0 spiro atoms. The number of amides is 1. The van der Waals surface area contributed by atoms with E-state index in [1.807, 2.05) is 11.9 Å². The van der Waals surface area contributed by atoms with Gasteiger partial charge < -0.3 is 15.1 Å². The van der Waals surface area contributed by atoms with Crippen LogP contribution in [-0.2, 0) is 18.4 Å². The summed E-state index contributed by atoms with van der Waals surface area (Å²) in [7, 11) is 1.88. The van der Waals surface area contributed by atoms with Crippen molar-refractivity contribution in [1.29, 1.82) is 0 Å². The molecule has 2 fully saturated rings. The van der Waals surface area contributed by atoms with Crippen molar-refractivity contribution in [2.75, 3.05) is 52.4 Å². The first-order chi connectivity index (χ1) is 13.2. The third-order valence-corrected chi connectivity index (χ3v) is 5.25. The van der Waals surface area contributed by atoms with Gasteiger partial charge in [-0.1, -0.05) is 0 Å². The van der Waals surface area contributed by atoms with Gasteiger partial charge >= 0.3 is 0 Å². The summed E-state index contributed by atoms with van der Waals surface area (Å²) < 4.78 is 1.75. The predicted octanol–water partition coefficient (Wildman–Crippen LogP) is -0.0893. The van der Waals surface area contributed by atoms with Crippen LogP contribution in [0, 0.1) is 0 Å². The van der Waals surface area contributed by atoms with Crippen molar-refractivity contribution in [3.63, 3.8) is 0 Å². The number of rotatable bonds is 5. The van der Waals surface area contributed by atoms with Crippen LogP contribution in [0.5, 0.6) is 0 Å². The number of nitrogens with zero attached hydrogens (tertiary/aromatic N) is 7. The Morgan fingerprint density at radius 3 is 2.48 bits per heavy atom. The Morgan fingerprint density at radius 1 is 1.11 bits per heavy atom. The molecule has 0 bridgehead atoms. The number of piperidine rings is 1. The first kappa shape index (κ1) is 19.6. The lowest BCUT2D eigenvalue weighted by molar-refractivity contribution is -0.133. The maximum Gasteiger partial charge on any atom is 0.236 e. The van der Waals surface area contributed by atoms with E-state index < -0.39 is 0 Å². The van der Waals surface area contributed by atoms with Gasteiger partial charge in [0.15, 0.2) is 5.96 Å². The van der Waals surface area contributed by atoms with Crippen molar-refractivity contribution in [2.24, 2.45) is 12.0 Å². The third kappa shape index (κ3) is 5.41. The van der Waals surface area contributed by atoms with Crippen LogP contribution >= 0.6 is 0 Å². The number of likely N-dealkylation sites (tertiary alicyclic amines) is 1. The van der Waals surface area contributed by atoms with Gasteiger partial charge in [-0.15, -0.1) is 0 Å². The SMILES string of the molecule is CCNC(=NCc1ncnn1C)N1CCN(CC(=O)N2CCCCC2)CC1. The highest BCUT2D eigenvalue weighted by Crippen LogP contribution is 2.10. The number of hydrogen-bond acceptors (Lipinski definition) is 5. The van der Waals surface area contributed by atoms with Crippen molar-refractivity contribution < 1.29 is 4.79 Å². The second-order valence-electron chi connectivity index (χ2n) is 7.17. The van der Waals surface area contributed by atoms with Gasteiger partial charge in [0.25, 0.3) is 0 Å². The normalized spacial score (nSPS) is 19.4. The standard InChI is InChI=1S/C18H32N8O/c1-3-19-18(20-13-16-21-15-22-23(16)2)26-11-9-24(10-12-26)14-17(27)25-7-5-4-6-8-25/h15H,3-14H2,1-2H3,(H,19,20). The average molecular weight is 377 g/mol. The van der Waals surface area contributed by atoms with Crippen LogP contribution in [0.4, 0.5) is 0 Å². The molecule has 1 aromatic heterocycles. The predicted molar refractivity (Wildman–Crippen MR) is 104 cm³/mol. The molecule has 2 saturated heterocycles. The number of aliphatic imine (C=N–C) groups is 1. The second-order valence-corrected chi connectivity index (χ2v) is 7.17. The fourth-order valence-electron chi connectivity index (χ4n) is 3.59. The van der Waals surface area contributed by atoms with E-state index in [2.05, 4.69) is 32.1 Å². The Morgan fingerprint density at radius 2 is 1.85 bits per heavy atom. The molecule has 150 valence electrons. The number of aryl methyl sites for hydroxylation is 1. The van der Waals surface area contributed by atoms with E-state index in [1.54, 1.807) is 11.0 Å². The Labute approximate surface area is 161 Å². The molecule has 9 nitrogen and oxygen atoms in total. The van der Waals surface area contributed by atoms with Gasteiger partial charge in [0, 0.05) is 52.9 Å². The minimum atomic E-state index is 0.283. The molecule has 1 amide bonds. The smallest absolute Gasteiger partial charge is 0.236 e. The minimum absolute atomic E-state index is 0.283. The van der Waals surface area contributed by atoms with Crippen LogP contribution in [0.2, 0.25) is 0 Å². The number of carbonyl (C=O) groups is 1. The van der Waals surface area contributed by atoms with E-state index in [0.29, 0.717) is 13.1 Å². The first-order valence-corrected chi connectivity index (χ1v) is 10.0. The molecule has 2 aliphatic heterocycles. The molecule has 2 aliphatic rings. The Kier molecular flexibility index (Phi) is 7.03. The zero-order valence-electron chi connectivity index (χ0n) is 16.6. The summed E-state index contributed by atoms with van der Waals surface area (Å²) in [6, 6.07) is 0. The first-order valence-electron chi connectivity index (χ1n) is 10.0. The lowest BCUT2D eigenvalue weighted by Crippen LogP contribution is -2.54. The highest BCUT2D eigenvalue weighted by atomic mass is 16.2. The molecular formula is C18H32N8O. The van der Waals surface area contributed by atoms with Crippen molar-refractivity contribution in [3.05, 3.63) is 12.2 Å². The van der Waals surface area contributed by atoms with Crippen molar-refractivity contribution in [3.8, 4) is 0 Å². The van der Waals surface area contributed by atoms with Gasteiger partial charge in [0.1, 0.15) is 18.7 Å². The second kappa shape index (κ2) is 9.68. The summed E-state index contributed by atoms with van der Waals surface area (Å²) in [5.41, 5.74) is 0. The average Bonchev–Trinajstić information content (AvgIpc) is 3.11. The summed E-state index contributed by atoms with van der Waals surface area (Å²) in [6.07, 6.45) is 5.10. The number of nitrogens with one attached hydrogen (secondary N) is 1. The zero-order valence-corrected chi connectivity index (χ0v) is 16.6. The largest absolute Gasteiger partial charge is 0.357 e. The molecule has 3 heterocycles. The van der Waals surface area contributed by atoms with Crippen LogP contribution < -0.4 is 5.32 Å². The number of hydrogen-bond donors (Lipinski definition) is 1. The lowest BCUT2D eigenvalue weighted by Gasteiger charge is -2.37. The van der Waals surface area contributed by atoms with E-state index in [9.17, 15) is 4.79 Å². The molecular weight excluding hydrogens is 344 g/mol. The molecule has 0 aromatic carbocycles. The maximum atomic E-state index is 12.5. The molecule has 27 heavy (non-hydrogen) atoms. The van der Waals surface area contributed by atoms with Gasteiger partial charge in [0.2, 0.25) is 5.91 Å². The fraction of sp³-hybridized carbons (Fsp3) is 0.778. The van der Waals surface area contributed by atoms with Crippen LogP contribution in [0.15, 0.2) is 11.3 Å². The molecule has 0 saturated carbocycles. The lowest BCUT2D eigenvalue weighted by atomic mass is 10.1. The summed E-state index contributed by atoms with van der Waals surface area (Å²) in [5, 5.41) is 7.46. The maximum absolute atomic E-state index is 12.5. The molecule has 9 heteroatoms. The Bertz CT molecular complexity index is 629. The quantitative estimate of drug-likeness (QED) is 0.571.